The van der Waals surface area contributed by atoms with Crippen LogP contribution in [0.15, 0.2) is 42.5 Å². The summed E-state index contributed by atoms with van der Waals surface area (Å²) in [5, 5.41) is 3.50. The number of ether oxygens (including phenoxy) is 3. The molecule has 0 unspecified atom stereocenters. The molecule has 2 aromatic carbocycles. The van der Waals surface area contributed by atoms with E-state index in [0.717, 1.165) is 35.8 Å². The van der Waals surface area contributed by atoms with Gasteiger partial charge in [0.25, 0.3) is 0 Å². The van der Waals surface area contributed by atoms with Gasteiger partial charge in [0.15, 0.2) is 0 Å². The molecule has 0 aliphatic rings. The van der Waals surface area contributed by atoms with Gasteiger partial charge >= 0.3 is 0 Å². The molecule has 4 heteroatoms. The number of nitrogens with one attached hydrogen (secondary N) is 1. The molecule has 0 aromatic heterocycles. The van der Waals surface area contributed by atoms with Crippen LogP contribution in [-0.4, -0.2) is 27.4 Å². The van der Waals surface area contributed by atoms with Crippen molar-refractivity contribution in [1.29, 1.82) is 0 Å². The fourth-order valence-electron chi connectivity index (χ4n) is 2.43. The molecule has 0 fully saturated rings. The third kappa shape index (κ3) is 4.81. The van der Waals surface area contributed by atoms with E-state index in [-0.39, 0.29) is 0 Å². The molecule has 1 N–H and O–H groups in total. The molecular formula is C19H25NO3. The van der Waals surface area contributed by atoms with Crippen molar-refractivity contribution in [2.24, 2.45) is 0 Å². The van der Waals surface area contributed by atoms with Crippen molar-refractivity contribution in [3.05, 3.63) is 48.0 Å². The Labute approximate surface area is 138 Å². The summed E-state index contributed by atoms with van der Waals surface area (Å²) in [4.78, 5) is 0. The van der Waals surface area contributed by atoms with Gasteiger partial charge in [-0.25, -0.2) is 0 Å². The molecule has 0 saturated carbocycles. The van der Waals surface area contributed by atoms with E-state index in [9.17, 15) is 0 Å². The van der Waals surface area contributed by atoms with Crippen LogP contribution in [0, 0.1) is 0 Å². The molecule has 2 rings (SSSR count). The highest BCUT2D eigenvalue weighted by Crippen LogP contribution is 2.29. The van der Waals surface area contributed by atoms with Crippen molar-refractivity contribution in [3.63, 3.8) is 0 Å². The summed E-state index contributed by atoms with van der Waals surface area (Å²) in [6, 6.07) is 14.4. The summed E-state index contributed by atoms with van der Waals surface area (Å²) >= 11 is 0. The molecule has 2 aromatic rings. The fraction of sp³-hybridized carbons (Fsp3) is 0.368. The highest BCUT2D eigenvalue weighted by Gasteiger charge is 2.09. The molecule has 124 valence electrons. The summed E-state index contributed by atoms with van der Waals surface area (Å²) in [7, 11) is 5.00. The van der Waals surface area contributed by atoms with Crippen LogP contribution in [-0.2, 0) is 6.42 Å². The monoisotopic (exact) mass is 315 g/mol. The molecule has 0 amide bonds. The zero-order chi connectivity index (χ0) is 16.7. The predicted octanol–water partition coefficient (Wildman–Crippen LogP) is 4.15. The number of methoxy groups -OCH3 is 3. The maximum absolute atomic E-state index is 5.42. The number of anilines is 1. The molecule has 1 atom stereocenters. The molecule has 0 bridgehead atoms. The molecule has 23 heavy (non-hydrogen) atoms. The molecule has 0 saturated heterocycles. The summed E-state index contributed by atoms with van der Waals surface area (Å²) in [5.74, 6) is 2.47. The van der Waals surface area contributed by atoms with E-state index < -0.39 is 0 Å². The Morgan fingerprint density at radius 2 is 1.52 bits per heavy atom. The summed E-state index contributed by atoms with van der Waals surface area (Å²) in [5.41, 5.74) is 2.29. The molecule has 4 nitrogen and oxygen atoms in total. The van der Waals surface area contributed by atoms with Gasteiger partial charge in [-0.2, -0.15) is 0 Å². The lowest BCUT2D eigenvalue weighted by atomic mass is 10.1. The quantitative estimate of drug-likeness (QED) is 0.794. The van der Waals surface area contributed by atoms with Gasteiger partial charge in [-0.05, 0) is 49.6 Å². The Bertz CT molecular complexity index is 611. The minimum absolute atomic E-state index is 0.333. The number of benzene rings is 2. The lowest BCUT2D eigenvalue weighted by Crippen LogP contribution is -2.16. The third-order valence-corrected chi connectivity index (χ3v) is 3.84. The van der Waals surface area contributed by atoms with Gasteiger partial charge in [-0.3, -0.25) is 0 Å². The topological polar surface area (TPSA) is 39.7 Å². The zero-order valence-electron chi connectivity index (χ0n) is 14.3. The average Bonchev–Trinajstić information content (AvgIpc) is 2.60. The summed E-state index contributed by atoms with van der Waals surface area (Å²) < 4.78 is 15.8. The number of aryl methyl sites for hydroxylation is 1. The van der Waals surface area contributed by atoms with Crippen LogP contribution >= 0.6 is 0 Å². The molecular weight excluding hydrogens is 290 g/mol. The Kier molecular flexibility index (Phi) is 6.15. The Balaban J connectivity index is 1.92. The van der Waals surface area contributed by atoms with Gasteiger partial charge in [0.2, 0.25) is 0 Å². The van der Waals surface area contributed by atoms with Crippen molar-refractivity contribution < 1.29 is 14.2 Å². The minimum Gasteiger partial charge on any atom is -0.497 e. The van der Waals surface area contributed by atoms with Gasteiger partial charge in [0, 0.05) is 12.1 Å². The van der Waals surface area contributed by atoms with Crippen molar-refractivity contribution >= 4 is 5.69 Å². The van der Waals surface area contributed by atoms with E-state index in [2.05, 4.69) is 24.4 Å². The van der Waals surface area contributed by atoms with Crippen molar-refractivity contribution in [2.45, 2.75) is 25.8 Å². The highest BCUT2D eigenvalue weighted by atomic mass is 16.5. The second-order valence-electron chi connectivity index (χ2n) is 5.50. The normalized spacial score (nSPS) is 11.7. The van der Waals surface area contributed by atoms with E-state index in [4.69, 9.17) is 14.2 Å². The Morgan fingerprint density at radius 1 is 0.870 bits per heavy atom. The van der Waals surface area contributed by atoms with E-state index in [1.807, 2.05) is 30.3 Å². The highest BCUT2D eigenvalue weighted by molar-refractivity contribution is 5.59. The Hall–Kier alpha value is -2.36. The first-order valence-corrected chi connectivity index (χ1v) is 7.77. The lowest BCUT2D eigenvalue weighted by Gasteiger charge is -2.18. The second kappa shape index (κ2) is 8.32. The molecule has 0 heterocycles. The number of hydrogen-bond acceptors (Lipinski definition) is 4. The van der Waals surface area contributed by atoms with Crippen molar-refractivity contribution in [1.82, 2.24) is 0 Å². The first kappa shape index (κ1) is 17.0. The van der Waals surface area contributed by atoms with Crippen LogP contribution in [0.3, 0.4) is 0 Å². The molecule has 0 aliphatic heterocycles. The predicted molar refractivity (Wildman–Crippen MR) is 93.9 cm³/mol. The largest absolute Gasteiger partial charge is 0.497 e. The second-order valence-corrected chi connectivity index (χ2v) is 5.50. The fourth-order valence-corrected chi connectivity index (χ4v) is 2.43. The van der Waals surface area contributed by atoms with E-state index in [0.29, 0.717) is 6.04 Å². The van der Waals surface area contributed by atoms with Crippen LogP contribution in [0.2, 0.25) is 0 Å². The minimum atomic E-state index is 0.333. The number of hydrogen-bond donors (Lipinski definition) is 1. The van der Waals surface area contributed by atoms with Crippen LogP contribution in [0.5, 0.6) is 17.2 Å². The smallest absolute Gasteiger partial charge is 0.145 e. The van der Waals surface area contributed by atoms with E-state index in [1.54, 1.807) is 21.3 Å². The van der Waals surface area contributed by atoms with Gasteiger partial charge in [0.1, 0.15) is 17.2 Å². The van der Waals surface area contributed by atoms with E-state index >= 15 is 0 Å². The van der Waals surface area contributed by atoms with Gasteiger partial charge in [-0.1, -0.05) is 12.1 Å². The third-order valence-electron chi connectivity index (χ3n) is 3.84. The lowest BCUT2D eigenvalue weighted by molar-refractivity contribution is 0.395. The number of rotatable bonds is 8. The van der Waals surface area contributed by atoms with Gasteiger partial charge in [0.05, 0.1) is 27.0 Å². The molecule has 0 radical (unpaired) electrons. The average molecular weight is 315 g/mol. The van der Waals surface area contributed by atoms with Gasteiger partial charge < -0.3 is 19.5 Å². The van der Waals surface area contributed by atoms with Crippen LogP contribution < -0.4 is 19.5 Å². The molecule has 0 aliphatic carbocycles. The van der Waals surface area contributed by atoms with Crippen molar-refractivity contribution in [2.75, 3.05) is 26.6 Å². The standard InChI is InChI=1S/C19H25NO3/c1-14(5-6-15-7-9-16(21-2)10-8-15)20-18-12-11-17(22-3)13-19(18)23-4/h7-14,20H,5-6H2,1-4H3/t14-/m0/s1. The van der Waals surface area contributed by atoms with Crippen LogP contribution in [0.1, 0.15) is 18.9 Å². The first-order chi connectivity index (χ1) is 11.2. The zero-order valence-corrected chi connectivity index (χ0v) is 14.3. The maximum atomic E-state index is 5.42. The van der Waals surface area contributed by atoms with Gasteiger partial charge in [-0.15, -0.1) is 0 Å². The van der Waals surface area contributed by atoms with Crippen LogP contribution in [0.25, 0.3) is 0 Å². The van der Waals surface area contributed by atoms with Crippen molar-refractivity contribution in [3.8, 4) is 17.2 Å². The molecule has 0 spiro atoms. The first-order valence-electron chi connectivity index (χ1n) is 7.77. The summed E-state index contributed by atoms with van der Waals surface area (Å²) in [6.07, 6.45) is 2.04. The Morgan fingerprint density at radius 3 is 2.13 bits per heavy atom. The summed E-state index contributed by atoms with van der Waals surface area (Å²) in [6.45, 7) is 2.17. The van der Waals surface area contributed by atoms with Crippen LogP contribution in [0.4, 0.5) is 5.69 Å². The van der Waals surface area contributed by atoms with E-state index in [1.165, 1.54) is 5.56 Å². The SMILES string of the molecule is COc1ccc(CC[C@H](C)Nc2ccc(OC)cc2OC)cc1. The maximum Gasteiger partial charge on any atom is 0.145 e.